The Balaban J connectivity index is 2.75. The predicted octanol–water partition coefficient (Wildman–Crippen LogP) is 1.30. The molecule has 3 N–H and O–H groups in total. The number of amides is 2. The van der Waals surface area contributed by atoms with Gasteiger partial charge in [-0.15, -0.1) is 0 Å². The predicted molar refractivity (Wildman–Crippen MR) is 68.8 cm³/mol. The molecular formula is C12H16N2O5. The molecule has 0 fully saturated rings. The number of methoxy groups -OCH3 is 2. The Hall–Kier alpha value is -2.44. The maximum atomic E-state index is 11.6. The summed E-state index contributed by atoms with van der Waals surface area (Å²) >= 11 is 0. The monoisotopic (exact) mass is 268 g/mol. The molecule has 0 spiro atoms. The zero-order chi connectivity index (χ0) is 14.4. The fourth-order valence-electron chi connectivity index (χ4n) is 1.31. The number of nitrogens with one attached hydrogen (secondary N) is 2. The summed E-state index contributed by atoms with van der Waals surface area (Å²) in [5.41, 5.74) is 0.436. The molecule has 7 heteroatoms. The smallest absolute Gasteiger partial charge is 0.325 e. The molecule has 1 atom stereocenters. The van der Waals surface area contributed by atoms with E-state index in [4.69, 9.17) is 14.6 Å². The van der Waals surface area contributed by atoms with Gasteiger partial charge in [-0.3, -0.25) is 4.79 Å². The second-order valence-electron chi connectivity index (χ2n) is 3.76. The summed E-state index contributed by atoms with van der Waals surface area (Å²) < 4.78 is 10.1. The molecule has 0 aliphatic rings. The molecule has 104 valence electrons. The molecule has 1 rings (SSSR count). The zero-order valence-electron chi connectivity index (χ0n) is 10.9. The highest BCUT2D eigenvalue weighted by Crippen LogP contribution is 2.25. The SMILES string of the molecule is COc1cc(NC(=O)N[C@@H](C)C(=O)O)cc(OC)c1. The normalized spacial score (nSPS) is 11.3. The lowest BCUT2D eigenvalue weighted by atomic mass is 10.2. The molecular weight excluding hydrogens is 252 g/mol. The summed E-state index contributed by atoms with van der Waals surface area (Å²) in [6.45, 7) is 1.37. The van der Waals surface area contributed by atoms with Crippen molar-refractivity contribution in [3.8, 4) is 11.5 Å². The zero-order valence-corrected chi connectivity index (χ0v) is 10.9. The number of carboxylic acid groups (broad SMARTS) is 1. The van der Waals surface area contributed by atoms with Gasteiger partial charge in [0.2, 0.25) is 0 Å². The van der Waals surface area contributed by atoms with Gasteiger partial charge in [0.05, 0.1) is 14.2 Å². The third-order valence-corrected chi connectivity index (χ3v) is 2.33. The number of hydrogen-bond acceptors (Lipinski definition) is 4. The number of carbonyl (C=O) groups excluding carboxylic acids is 1. The van der Waals surface area contributed by atoms with Crippen molar-refractivity contribution in [3.63, 3.8) is 0 Å². The fourth-order valence-corrected chi connectivity index (χ4v) is 1.31. The van der Waals surface area contributed by atoms with Gasteiger partial charge in [0.15, 0.2) is 0 Å². The summed E-state index contributed by atoms with van der Waals surface area (Å²) in [5, 5.41) is 13.5. The molecule has 0 aliphatic carbocycles. The van der Waals surface area contributed by atoms with E-state index in [0.717, 1.165) is 0 Å². The highest BCUT2D eigenvalue weighted by molar-refractivity contribution is 5.92. The first-order chi connectivity index (χ1) is 8.96. The summed E-state index contributed by atoms with van der Waals surface area (Å²) in [6.07, 6.45) is 0. The van der Waals surface area contributed by atoms with E-state index in [0.29, 0.717) is 17.2 Å². The van der Waals surface area contributed by atoms with Gasteiger partial charge in [-0.1, -0.05) is 0 Å². The fraction of sp³-hybridized carbons (Fsp3) is 0.333. The largest absolute Gasteiger partial charge is 0.497 e. The number of rotatable bonds is 5. The highest BCUT2D eigenvalue weighted by atomic mass is 16.5. The number of aliphatic carboxylic acids is 1. The first-order valence-corrected chi connectivity index (χ1v) is 5.49. The molecule has 1 aromatic carbocycles. The number of benzene rings is 1. The number of hydrogen-bond donors (Lipinski definition) is 3. The van der Waals surface area contributed by atoms with Gasteiger partial charge in [0, 0.05) is 23.9 Å². The average molecular weight is 268 g/mol. The van der Waals surface area contributed by atoms with Gasteiger partial charge in [-0.05, 0) is 6.92 Å². The van der Waals surface area contributed by atoms with Gasteiger partial charge in [0.1, 0.15) is 17.5 Å². The van der Waals surface area contributed by atoms with Crippen LogP contribution >= 0.6 is 0 Å². The molecule has 7 nitrogen and oxygen atoms in total. The van der Waals surface area contributed by atoms with Crippen LogP contribution in [0, 0.1) is 0 Å². The van der Waals surface area contributed by atoms with Gasteiger partial charge in [-0.25, -0.2) is 4.79 Å². The molecule has 0 aliphatic heterocycles. The standard InChI is InChI=1S/C12H16N2O5/c1-7(11(15)16)13-12(17)14-8-4-9(18-2)6-10(5-8)19-3/h4-7H,1-3H3,(H,15,16)(H2,13,14,17)/t7-/m0/s1. The van der Waals surface area contributed by atoms with Gasteiger partial charge in [-0.2, -0.15) is 0 Å². The van der Waals surface area contributed by atoms with Crippen LogP contribution in [0.25, 0.3) is 0 Å². The maximum absolute atomic E-state index is 11.6. The molecule has 0 saturated heterocycles. The number of ether oxygens (including phenoxy) is 2. The number of urea groups is 1. The van der Waals surface area contributed by atoms with Crippen LogP contribution in [-0.2, 0) is 4.79 Å². The Morgan fingerprint density at radius 1 is 1.16 bits per heavy atom. The van der Waals surface area contributed by atoms with Crippen molar-refractivity contribution in [3.05, 3.63) is 18.2 Å². The van der Waals surface area contributed by atoms with Crippen molar-refractivity contribution in [2.24, 2.45) is 0 Å². The van der Waals surface area contributed by atoms with E-state index in [-0.39, 0.29) is 0 Å². The van der Waals surface area contributed by atoms with E-state index in [1.807, 2.05) is 0 Å². The van der Waals surface area contributed by atoms with Gasteiger partial charge >= 0.3 is 12.0 Å². The number of carbonyl (C=O) groups is 2. The second kappa shape index (κ2) is 6.48. The third-order valence-electron chi connectivity index (χ3n) is 2.33. The second-order valence-corrected chi connectivity index (χ2v) is 3.76. The van der Waals surface area contributed by atoms with Crippen molar-refractivity contribution in [2.45, 2.75) is 13.0 Å². The van der Waals surface area contributed by atoms with Crippen molar-refractivity contribution < 1.29 is 24.2 Å². The summed E-state index contributed by atoms with van der Waals surface area (Å²) in [6, 6.07) is 3.24. The van der Waals surface area contributed by atoms with Crippen molar-refractivity contribution in [1.82, 2.24) is 5.32 Å². The first kappa shape index (κ1) is 14.6. The molecule has 0 unspecified atom stereocenters. The molecule has 0 saturated carbocycles. The lowest BCUT2D eigenvalue weighted by molar-refractivity contribution is -0.138. The minimum Gasteiger partial charge on any atom is -0.497 e. The Labute approximate surface area is 110 Å². The van der Waals surface area contributed by atoms with E-state index in [2.05, 4.69) is 10.6 Å². The third kappa shape index (κ3) is 4.38. The minimum absolute atomic E-state index is 0.436. The Morgan fingerprint density at radius 3 is 2.11 bits per heavy atom. The average Bonchev–Trinajstić information content (AvgIpc) is 2.37. The Kier molecular flexibility index (Phi) is 4.99. The van der Waals surface area contributed by atoms with Crippen LogP contribution < -0.4 is 20.1 Å². The molecule has 0 heterocycles. The van der Waals surface area contributed by atoms with Crippen molar-refractivity contribution in [2.75, 3.05) is 19.5 Å². The van der Waals surface area contributed by atoms with Crippen LogP contribution in [-0.4, -0.2) is 37.4 Å². The van der Waals surface area contributed by atoms with Crippen molar-refractivity contribution in [1.29, 1.82) is 0 Å². The van der Waals surface area contributed by atoms with E-state index in [1.54, 1.807) is 18.2 Å². The van der Waals surface area contributed by atoms with E-state index in [1.165, 1.54) is 21.1 Å². The van der Waals surface area contributed by atoms with Gasteiger partial charge in [0.25, 0.3) is 0 Å². The lowest BCUT2D eigenvalue weighted by Gasteiger charge is -2.12. The highest BCUT2D eigenvalue weighted by Gasteiger charge is 2.14. The molecule has 19 heavy (non-hydrogen) atoms. The summed E-state index contributed by atoms with van der Waals surface area (Å²) in [7, 11) is 2.98. The topological polar surface area (TPSA) is 96.9 Å². The van der Waals surface area contributed by atoms with Crippen LogP contribution in [0.1, 0.15) is 6.92 Å². The summed E-state index contributed by atoms with van der Waals surface area (Å²) in [4.78, 5) is 22.2. The molecule has 0 aromatic heterocycles. The van der Waals surface area contributed by atoms with E-state index in [9.17, 15) is 9.59 Å². The quantitative estimate of drug-likeness (QED) is 0.747. The van der Waals surface area contributed by atoms with E-state index < -0.39 is 18.0 Å². The maximum Gasteiger partial charge on any atom is 0.325 e. The lowest BCUT2D eigenvalue weighted by Crippen LogP contribution is -2.40. The first-order valence-electron chi connectivity index (χ1n) is 5.49. The molecule has 2 amide bonds. The van der Waals surface area contributed by atoms with Crippen molar-refractivity contribution >= 4 is 17.7 Å². The van der Waals surface area contributed by atoms with Crippen LogP contribution in [0.4, 0.5) is 10.5 Å². The minimum atomic E-state index is -1.11. The van der Waals surface area contributed by atoms with Gasteiger partial charge < -0.3 is 25.2 Å². The molecule has 0 bridgehead atoms. The molecule has 1 aromatic rings. The Morgan fingerprint density at radius 2 is 1.68 bits per heavy atom. The van der Waals surface area contributed by atoms with Crippen LogP contribution in [0.3, 0.4) is 0 Å². The number of carboxylic acids is 1. The molecule has 0 radical (unpaired) electrons. The van der Waals surface area contributed by atoms with Crippen LogP contribution in [0.2, 0.25) is 0 Å². The summed E-state index contributed by atoms with van der Waals surface area (Å²) in [5.74, 6) is -0.0831. The van der Waals surface area contributed by atoms with E-state index >= 15 is 0 Å². The van der Waals surface area contributed by atoms with Crippen LogP contribution in [0.15, 0.2) is 18.2 Å². The Bertz CT molecular complexity index is 453. The number of anilines is 1. The van der Waals surface area contributed by atoms with Crippen LogP contribution in [0.5, 0.6) is 11.5 Å².